The monoisotopic (exact) mass is 2050 g/mol. The molecule has 0 atom stereocenters. The van der Waals surface area contributed by atoms with Gasteiger partial charge in [-0.15, -0.1) is 0 Å². The zero-order valence-electron chi connectivity index (χ0n) is 81.2. The van der Waals surface area contributed by atoms with Crippen LogP contribution in [0, 0.1) is 11.3 Å². The Hall–Kier alpha value is -17.5. The lowest BCUT2D eigenvalue weighted by Gasteiger charge is -2.31. The van der Waals surface area contributed by atoms with Crippen molar-refractivity contribution in [3.8, 4) is 90.8 Å². The minimum atomic E-state index is -3.35. The predicted molar refractivity (Wildman–Crippen MR) is 568 cm³/mol. The Kier molecular flexibility index (Phi) is 32.8. The number of carbonyl (C=O) groups excluding carboxylic acids is 1. The number of nitrogens with one attached hydrogen (secondary N) is 3. The number of rotatable bonds is 22. The van der Waals surface area contributed by atoms with Crippen LogP contribution >= 0.6 is 11.6 Å². The molecule has 12 aromatic heterocycles. The molecule has 47 heteroatoms. The molecule has 45 nitrogen and oxygen atoms in total. The third-order valence-electron chi connectivity index (χ3n) is 23.9. The van der Waals surface area contributed by atoms with Crippen LogP contribution in [-0.2, 0) is 38.3 Å². The fourth-order valence-electron chi connectivity index (χ4n) is 16.2. The molecule has 22 rings (SSSR count). The van der Waals surface area contributed by atoms with E-state index in [-0.39, 0.29) is 10.8 Å². The fourth-order valence-corrected chi connectivity index (χ4v) is 17.2. The lowest BCUT2D eigenvalue weighted by molar-refractivity contribution is 0.1000. The first-order valence-corrected chi connectivity index (χ1v) is 49.8. The molecule has 0 unspecified atom stereocenters. The van der Waals surface area contributed by atoms with Crippen molar-refractivity contribution in [2.24, 2.45) is 5.73 Å². The summed E-state index contributed by atoms with van der Waals surface area (Å²) in [5, 5.41) is 21.0. The Morgan fingerprint density at radius 3 is 1.36 bits per heavy atom. The number of fused-ring (bicyclic) bond motifs is 1. The molecule has 16 aromatic rings. The third kappa shape index (κ3) is 26.6. The Morgan fingerprint density at radius 2 is 0.846 bits per heavy atom. The van der Waals surface area contributed by atoms with Crippen LogP contribution in [0.4, 0.5) is 99.3 Å². The number of morpholine rings is 6. The van der Waals surface area contributed by atoms with E-state index in [0.717, 1.165) is 89.7 Å². The Balaban J connectivity index is 0.000000122. The first kappa shape index (κ1) is 102. The van der Waals surface area contributed by atoms with Crippen molar-refractivity contribution in [2.75, 3.05) is 245 Å². The molecular weight excluding hydrogens is 1940 g/mol. The molecule has 0 radical (unpaired) electrons. The van der Waals surface area contributed by atoms with Gasteiger partial charge in [-0.2, -0.15) is 30.2 Å². The number of nitriles is 1. The number of methoxy groups -OCH3 is 1. The summed E-state index contributed by atoms with van der Waals surface area (Å²) in [7, 11) is -1.82. The lowest BCUT2D eigenvalue weighted by atomic mass is 10.1. The number of carbonyl (C=O) groups is 1. The lowest BCUT2D eigenvalue weighted by Crippen LogP contribution is -2.39. The molecule has 6 aliphatic rings. The number of nitrogen functional groups attached to an aromatic ring is 5. The predicted octanol–water partition coefficient (Wildman–Crippen LogP) is 11.2. The number of hydrogen-bond acceptors (Lipinski definition) is 44. The summed E-state index contributed by atoms with van der Waals surface area (Å²) in [6.07, 6.45) is 14.2. The number of nitrogens with zero attached hydrogens (tertiary/aromatic N) is 25. The normalized spacial score (nSPS) is 14.7. The maximum atomic E-state index is 12.0. The number of oxazole rings is 1. The number of ether oxygens (including phenoxy) is 7. The zero-order chi connectivity index (χ0) is 103. The van der Waals surface area contributed by atoms with Crippen molar-refractivity contribution in [2.45, 2.75) is 4.90 Å². The van der Waals surface area contributed by atoms with Crippen LogP contribution in [0.3, 0.4) is 0 Å². The molecule has 18 heterocycles. The standard InChI is InChI=1S/C22H22N8O2.C22H21N7O2.C20H20ClN5O3S.C20H21N7O2.C18H21N7O2/c1-31-20-16(13-25-21(23)29-20)18-11-19(28-22(27-18)30-6-8-32-9-7-30)26-15-10-14-4-2-3-5-17(14)24-12-15;23-20-5-4-16(12-25-20)18-11-21(28-22(27-18)29-6-8-30-9-7-29)26-17-3-1-2-15(10-17)19-13-24-14-31-19;1-30(27,28)14-4-2-3-13(9-14)17-11-18(15-12-23-19(22)10-16(15)21)25-20(24-17)26-5-7-29-8-6-26;21-17-5-4-14(12-23-17)16-11-18(24-15-3-1-2-13(10-15)19(22)28)26-20(25-16)27-6-8-29-9-7-27;19-11-13-9-16(20)21-12-14(13)15-10-17(24-1-5-26-6-2-24)23-18(22-15)25-3-7-27-8-4-25/h2-5,10-13H,6-9H2,1H3,(H2,23,25,29)(H,26,27,28);1-5,10-14H,6-9H2,(H2,23,25)(H,26,27,28);2-4,9-12H,5-8H2,1H3,(H2,22,23);1-5,10-12H,6-9H2,(H2,21,23)(H2,22,28)(H,24,25,26);9-10,12H,1-8H2,(H2,20,21). The number of nitrogens with two attached hydrogens (primary N) is 6. The molecule has 0 bridgehead atoms. The number of halogens is 1. The van der Waals surface area contributed by atoms with Gasteiger partial charge in [-0.3, -0.25) is 9.78 Å². The number of para-hydroxylation sites is 1. The first-order valence-electron chi connectivity index (χ1n) is 47.5. The molecular formula is C102H105ClN34O11S. The van der Waals surface area contributed by atoms with Crippen molar-refractivity contribution >= 4 is 138 Å². The number of anilines is 17. The van der Waals surface area contributed by atoms with Crippen molar-refractivity contribution in [3.05, 3.63) is 236 Å². The highest BCUT2D eigenvalue weighted by atomic mass is 35.5. The summed E-state index contributed by atoms with van der Waals surface area (Å²) in [6.45, 7) is 16.2. The summed E-state index contributed by atoms with van der Waals surface area (Å²) in [6, 6.07) is 53.3. The first-order chi connectivity index (χ1) is 72.6. The zero-order valence-corrected chi connectivity index (χ0v) is 82.7. The van der Waals surface area contributed by atoms with E-state index in [1.807, 2.05) is 108 Å². The van der Waals surface area contributed by atoms with E-state index < -0.39 is 15.7 Å². The second-order valence-electron chi connectivity index (χ2n) is 34.2. The topological polar surface area (TPSA) is 596 Å². The highest BCUT2D eigenvalue weighted by Gasteiger charge is 2.28. The van der Waals surface area contributed by atoms with Gasteiger partial charge in [-0.05, 0) is 97.1 Å². The maximum Gasteiger partial charge on any atom is 0.248 e. The molecule has 0 spiro atoms. The summed E-state index contributed by atoms with van der Waals surface area (Å²) < 4.78 is 67.5. The molecule has 1 amide bonds. The highest BCUT2D eigenvalue weighted by Crippen LogP contribution is 2.38. The van der Waals surface area contributed by atoms with Crippen molar-refractivity contribution < 1.29 is 50.8 Å². The average Bonchev–Trinajstić information content (AvgIpc) is 1.01. The number of amides is 1. The molecule has 149 heavy (non-hydrogen) atoms. The van der Waals surface area contributed by atoms with E-state index in [4.69, 9.17) is 128 Å². The fraction of sp³-hybridized carbons (Fsp3) is 0.255. The largest absolute Gasteiger partial charge is 0.480 e. The van der Waals surface area contributed by atoms with E-state index in [0.29, 0.717) is 273 Å². The van der Waals surface area contributed by atoms with Crippen LogP contribution < -0.4 is 84.5 Å². The number of pyridine rings is 5. The molecule has 0 saturated carbocycles. The summed E-state index contributed by atoms with van der Waals surface area (Å²) in [4.78, 5) is 105. The van der Waals surface area contributed by atoms with E-state index in [1.165, 1.54) is 19.8 Å². The van der Waals surface area contributed by atoms with Gasteiger partial charge in [0.1, 0.15) is 52.6 Å². The van der Waals surface area contributed by atoms with Crippen LogP contribution in [0.5, 0.6) is 5.88 Å². The van der Waals surface area contributed by atoms with E-state index in [2.05, 4.69) is 91.4 Å². The van der Waals surface area contributed by atoms with E-state index in [1.54, 1.807) is 110 Å². The maximum absolute atomic E-state index is 12.0. The third-order valence-corrected chi connectivity index (χ3v) is 25.4. The van der Waals surface area contributed by atoms with Crippen molar-refractivity contribution in [3.63, 3.8) is 0 Å². The van der Waals surface area contributed by atoms with Gasteiger partial charge in [0.05, 0.1) is 165 Å². The van der Waals surface area contributed by atoms with Crippen LogP contribution in [-0.4, -0.2) is 275 Å². The molecule has 15 N–H and O–H groups in total. The Labute approximate surface area is 860 Å². The Bertz CT molecular complexity index is 7490. The molecule has 762 valence electrons. The second-order valence-corrected chi connectivity index (χ2v) is 36.6. The van der Waals surface area contributed by atoms with Crippen LogP contribution in [0.1, 0.15) is 15.9 Å². The Morgan fingerprint density at radius 1 is 0.396 bits per heavy atom. The number of hydrogen-bond donors (Lipinski definition) is 9. The van der Waals surface area contributed by atoms with Crippen molar-refractivity contribution in [1.29, 1.82) is 5.26 Å². The smallest absolute Gasteiger partial charge is 0.248 e. The molecule has 4 aromatic carbocycles. The van der Waals surface area contributed by atoms with Gasteiger partial charge in [0, 0.05) is 196 Å². The van der Waals surface area contributed by atoms with Gasteiger partial charge in [0.25, 0.3) is 0 Å². The minimum absolute atomic E-state index is 0.133. The number of primary amides is 1. The second kappa shape index (κ2) is 48.0. The van der Waals surface area contributed by atoms with Gasteiger partial charge in [0.15, 0.2) is 22.0 Å². The molecule has 6 fully saturated rings. The van der Waals surface area contributed by atoms with E-state index in [9.17, 15) is 18.5 Å². The van der Waals surface area contributed by atoms with Gasteiger partial charge >= 0.3 is 0 Å². The number of aromatic nitrogens is 18. The van der Waals surface area contributed by atoms with Gasteiger partial charge in [-0.1, -0.05) is 60.1 Å². The summed E-state index contributed by atoms with van der Waals surface area (Å²) >= 11 is 6.39. The molecule has 6 saturated heterocycles. The molecule has 6 aliphatic heterocycles. The van der Waals surface area contributed by atoms with E-state index >= 15 is 0 Å². The summed E-state index contributed by atoms with van der Waals surface area (Å²) in [5.74, 6) is 7.92. The quantitative estimate of drug-likeness (QED) is 0.0304. The van der Waals surface area contributed by atoms with Gasteiger partial charge in [0.2, 0.25) is 47.5 Å². The summed E-state index contributed by atoms with van der Waals surface area (Å²) in [5.41, 5.74) is 47.3. The molecule has 0 aliphatic carbocycles. The number of sulfone groups is 1. The van der Waals surface area contributed by atoms with Crippen LogP contribution in [0.15, 0.2) is 229 Å². The minimum Gasteiger partial charge on any atom is -0.480 e. The highest BCUT2D eigenvalue weighted by molar-refractivity contribution is 7.90. The van der Waals surface area contributed by atoms with Gasteiger partial charge < -0.3 is 117 Å². The van der Waals surface area contributed by atoms with Crippen LogP contribution in [0.2, 0.25) is 5.02 Å². The van der Waals surface area contributed by atoms with Crippen LogP contribution in [0.25, 0.3) is 89.8 Å². The van der Waals surface area contributed by atoms with Gasteiger partial charge in [-0.25, -0.2) is 68.2 Å². The SMILES string of the molecule is COc1nc(N)ncc1-c1cc(Nc2cnc3ccccc3c2)nc(N2CCOCC2)n1.CS(=O)(=O)c1cccc(-c2cc(-c3cnc(N)cc3Cl)nc(N3CCOCC3)n2)c1.N#Cc1cc(N)ncc1-c1cc(N2CCOCC2)nc(N2CCOCC2)n1.NC(=O)c1cccc(Nc2cc(-c3ccc(N)nc3)nc(N3CCOCC3)n2)c1.Nc1ccc(-c2cc(Nc3cccc(-c4cnco4)c3)nc(N3CCOCC3)n2)cn1. The van der Waals surface area contributed by atoms with Crippen molar-refractivity contribution in [1.82, 2.24) is 89.7 Å². The number of benzene rings is 4. The average molecular weight is 2050 g/mol.